The van der Waals surface area contributed by atoms with E-state index in [4.69, 9.17) is 4.74 Å². The Morgan fingerprint density at radius 3 is 2.64 bits per heavy atom. The van der Waals surface area contributed by atoms with Gasteiger partial charge in [-0.15, -0.1) is 0 Å². The van der Waals surface area contributed by atoms with Gasteiger partial charge in [-0.05, 0) is 37.0 Å². The normalized spacial score (nSPS) is 17.2. The van der Waals surface area contributed by atoms with Crippen LogP contribution in [0.5, 0.6) is 5.75 Å². The van der Waals surface area contributed by atoms with Gasteiger partial charge in [0, 0.05) is 25.2 Å². The zero-order chi connectivity index (χ0) is 16.2. The number of nitrogens with zero attached hydrogens (tertiary/aromatic N) is 1. The second kappa shape index (κ2) is 7.11. The van der Waals surface area contributed by atoms with E-state index in [-0.39, 0.29) is 5.91 Å². The second-order valence-electron chi connectivity index (χ2n) is 5.55. The van der Waals surface area contributed by atoms with Crippen molar-refractivity contribution < 1.29 is 17.9 Å². The Bertz CT molecular complexity index is 622. The number of hydrogen-bond acceptors (Lipinski definition) is 4. The molecule has 1 heterocycles. The molecule has 1 fully saturated rings. The summed E-state index contributed by atoms with van der Waals surface area (Å²) in [6.07, 6.45) is 2.77. The van der Waals surface area contributed by atoms with Crippen LogP contribution in [0.25, 0.3) is 0 Å². The summed E-state index contributed by atoms with van der Waals surface area (Å²) in [6.45, 7) is 1.62. The quantitative estimate of drug-likeness (QED) is 0.879. The third kappa shape index (κ3) is 4.45. The van der Waals surface area contributed by atoms with Crippen LogP contribution < -0.4 is 10.1 Å². The van der Waals surface area contributed by atoms with Gasteiger partial charge >= 0.3 is 0 Å². The van der Waals surface area contributed by atoms with Crippen molar-refractivity contribution >= 4 is 15.9 Å². The maximum Gasteiger partial charge on any atom is 0.251 e. The standard InChI is InChI=1S/C15H22N2O4S/c1-21-14-5-3-4-13(10-14)15(18)16-11-12-6-8-17(9-7-12)22(2,19)20/h3-5,10,12H,6-9,11H2,1-2H3,(H,16,18). The molecule has 1 amide bonds. The van der Waals surface area contributed by atoms with E-state index in [0.717, 1.165) is 12.8 Å². The molecule has 0 unspecified atom stereocenters. The minimum Gasteiger partial charge on any atom is -0.497 e. The Kier molecular flexibility index (Phi) is 5.42. The number of sulfonamides is 1. The summed E-state index contributed by atoms with van der Waals surface area (Å²) in [6, 6.07) is 7.00. The van der Waals surface area contributed by atoms with Gasteiger partial charge in [-0.2, -0.15) is 0 Å². The van der Waals surface area contributed by atoms with Gasteiger partial charge in [0.15, 0.2) is 0 Å². The van der Waals surface area contributed by atoms with Crippen LogP contribution in [0.4, 0.5) is 0 Å². The molecule has 122 valence electrons. The van der Waals surface area contributed by atoms with E-state index >= 15 is 0 Å². The first-order valence-corrected chi connectivity index (χ1v) is 9.12. The van der Waals surface area contributed by atoms with Crippen molar-refractivity contribution in [1.29, 1.82) is 0 Å². The van der Waals surface area contributed by atoms with Gasteiger partial charge in [-0.25, -0.2) is 12.7 Å². The van der Waals surface area contributed by atoms with E-state index < -0.39 is 10.0 Å². The van der Waals surface area contributed by atoms with Gasteiger partial charge in [-0.1, -0.05) is 6.07 Å². The second-order valence-corrected chi connectivity index (χ2v) is 7.53. The molecule has 0 bridgehead atoms. The smallest absolute Gasteiger partial charge is 0.251 e. The largest absolute Gasteiger partial charge is 0.497 e. The number of ether oxygens (including phenoxy) is 1. The summed E-state index contributed by atoms with van der Waals surface area (Å²) in [5.74, 6) is 0.825. The van der Waals surface area contributed by atoms with E-state index in [2.05, 4.69) is 5.32 Å². The lowest BCUT2D eigenvalue weighted by atomic mass is 9.98. The number of piperidine rings is 1. The molecule has 1 saturated heterocycles. The Labute approximate surface area is 131 Å². The Balaban J connectivity index is 1.82. The number of hydrogen-bond donors (Lipinski definition) is 1. The predicted octanol–water partition coefficient (Wildman–Crippen LogP) is 1.10. The molecule has 6 nitrogen and oxygen atoms in total. The average Bonchev–Trinajstić information content (AvgIpc) is 2.52. The molecule has 0 aliphatic carbocycles. The zero-order valence-electron chi connectivity index (χ0n) is 12.9. The minimum absolute atomic E-state index is 0.135. The molecule has 0 saturated carbocycles. The number of carbonyl (C=O) groups excluding carboxylic acids is 1. The third-order valence-electron chi connectivity index (χ3n) is 3.93. The summed E-state index contributed by atoms with van der Waals surface area (Å²) >= 11 is 0. The number of rotatable bonds is 5. The van der Waals surface area contributed by atoms with Crippen LogP contribution in [0.3, 0.4) is 0 Å². The van der Waals surface area contributed by atoms with Gasteiger partial charge in [-0.3, -0.25) is 4.79 Å². The number of nitrogens with one attached hydrogen (secondary N) is 1. The molecule has 0 aromatic heterocycles. The van der Waals surface area contributed by atoms with E-state index in [1.165, 1.54) is 10.6 Å². The third-order valence-corrected chi connectivity index (χ3v) is 5.23. The van der Waals surface area contributed by atoms with Gasteiger partial charge in [0.25, 0.3) is 5.91 Å². The topological polar surface area (TPSA) is 75.7 Å². The Morgan fingerprint density at radius 1 is 1.36 bits per heavy atom. The maximum atomic E-state index is 12.1. The predicted molar refractivity (Wildman–Crippen MR) is 84.5 cm³/mol. The molecular weight excluding hydrogens is 304 g/mol. The summed E-state index contributed by atoms with van der Waals surface area (Å²) < 4.78 is 29.5. The van der Waals surface area contributed by atoms with E-state index in [0.29, 0.717) is 36.9 Å². The highest BCUT2D eigenvalue weighted by molar-refractivity contribution is 7.88. The molecule has 1 aliphatic rings. The molecule has 0 atom stereocenters. The first-order valence-electron chi connectivity index (χ1n) is 7.27. The van der Waals surface area contributed by atoms with Crippen molar-refractivity contribution in [3.05, 3.63) is 29.8 Å². The minimum atomic E-state index is -3.10. The van der Waals surface area contributed by atoms with Crippen molar-refractivity contribution in [1.82, 2.24) is 9.62 Å². The molecule has 7 heteroatoms. The lowest BCUT2D eigenvalue weighted by Crippen LogP contribution is -2.41. The van der Waals surface area contributed by atoms with Crippen LogP contribution in [0.15, 0.2) is 24.3 Å². The maximum absolute atomic E-state index is 12.1. The molecule has 22 heavy (non-hydrogen) atoms. The number of carbonyl (C=O) groups is 1. The summed E-state index contributed by atoms with van der Waals surface area (Å²) in [4.78, 5) is 12.1. The van der Waals surface area contributed by atoms with Crippen molar-refractivity contribution in [3.63, 3.8) is 0 Å². The lowest BCUT2D eigenvalue weighted by Gasteiger charge is -2.30. The Hall–Kier alpha value is -1.60. The summed E-state index contributed by atoms with van der Waals surface area (Å²) in [5, 5.41) is 2.91. The molecule has 0 spiro atoms. The van der Waals surface area contributed by atoms with Crippen molar-refractivity contribution in [2.45, 2.75) is 12.8 Å². The van der Waals surface area contributed by atoms with E-state index in [1.54, 1.807) is 31.4 Å². The number of amides is 1. The molecule has 1 aromatic carbocycles. The van der Waals surface area contributed by atoms with Gasteiger partial charge in [0.1, 0.15) is 5.75 Å². The molecular formula is C15H22N2O4S. The average molecular weight is 326 g/mol. The number of methoxy groups -OCH3 is 1. The highest BCUT2D eigenvalue weighted by Gasteiger charge is 2.25. The highest BCUT2D eigenvalue weighted by atomic mass is 32.2. The fraction of sp³-hybridized carbons (Fsp3) is 0.533. The highest BCUT2D eigenvalue weighted by Crippen LogP contribution is 2.18. The molecule has 2 rings (SSSR count). The zero-order valence-corrected chi connectivity index (χ0v) is 13.7. The summed E-state index contributed by atoms with van der Waals surface area (Å²) in [5.41, 5.74) is 0.563. The van der Waals surface area contributed by atoms with Crippen LogP contribution in [0.1, 0.15) is 23.2 Å². The van der Waals surface area contributed by atoms with Crippen LogP contribution in [-0.4, -0.2) is 51.6 Å². The van der Waals surface area contributed by atoms with Crippen LogP contribution in [-0.2, 0) is 10.0 Å². The van der Waals surface area contributed by atoms with Crippen molar-refractivity contribution in [3.8, 4) is 5.75 Å². The molecule has 1 aliphatic heterocycles. The van der Waals surface area contributed by atoms with Crippen molar-refractivity contribution in [2.75, 3.05) is 33.0 Å². The van der Waals surface area contributed by atoms with E-state index in [1.807, 2.05) is 0 Å². The molecule has 1 N–H and O–H groups in total. The number of benzene rings is 1. The van der Waals surface area contributed by atoms with Crippen LogP contribution >= 0.6 is 0 Å². The first kappa shape index (κ1) is 16.8. The van der Waals surface area contributed by atoms with Crippen LogP contribution in [0.2, 0.25) is 0 Å². The molecule has 1 aromatic rings. The van der Waals surface area contributed by atoms with Gasteiger partial charge in [0.05, 0.1) is 13.4 Å². The summed E-state index contributed by atoms with van der Waals surface area (Å²) in [7, 11) is -1.54. The van der Waals surface area contributed by atoms with Crippen LogP contribution in [0, 0.1) is 5.92 Å². The molecule has 0 radical (unpaired) electrons. The fourth-order valence-electron chi connectivity index (χ4n) is 2.55. The van der Waals surface area contributed by atoms with E-state index in [9.17, 15) is 13.2 Å². The SMILES string of the molecule is COc1cccc(C(=O)NCC2CCN(S(C)(=O)=O)CC2)c1. The van der Waals surface area contributed by atoms with Crippen molar-refractivity contribution in [2.24, 2.45) is 5.92 Å². The lowest BCUT2D eigenvalue weighted by molar-refractivity contribution is 0.0941. The van der Waals surface area contributed by atoms with Gasteiger partial charge in [0.2, 0.25) is 10.0 Å². The first-order chi connectivity index (χ1) is 10.4. The monoisotopic (exact) mass is 326 g/mol. The van der Waals surface area contributed by atoms with Gasteiger partial charge < -0.3 is 10.1 Å². The Morgan fingerprint density at radius 2 is 2.05 bits per heavy atom. The fourth-order valence-corrected chi connectivity index (χ4v) is 3.42.